The molecule has 0 saturated heterocycles. The Morgan fingerprint density at radius 1 is 0.957 bits per heavy atom. The van der Waals surface area contributed by atoms with Crippen LogP contribution in [-0.4, -0.2) is 24.6 Å². The second-order valence-corrected chi connectivity index (χ2v) is 7.59. The first-order chi connectivity index (χ1) is 10.8. The highest BCUT2D eigenvalue weighted by molar-refractivity contribution is 5.82. The third-order valence-corrected chi connectivity index (χ3v) is 4.78. The van der Waals surface area contributed by atoms with Crippen molar-refractivity contribution in [2.75, 3.05) is 6.61 Å². The maximum atomic E-state index is 12.4. The first kappa shape index (κ1) is 20.0. The minimum Gasteiger partial charge on any atom is -0.465 e. The molecule has 0 aromatic carbocycles. The van der Waals surface area contributed by atoms with Crippen molar-refractivity contribution >= 4 is 11.9 Å². The zero-order valence-corrected chi connectivity index (χ0v) is 15.5. The lowest BCUT2D eigenvalue weighted by atomic mass is 9.79. The van der Waals surface area contributed by atoms with Gasteiger partial charge in [0.1, 0.15) is 6.10 Å². The van der Waals surface area contributed by atoms with E-state index in [1.165, 1.54) is 0 Å². The van der Waals surface area contributed by atoms with Crippen LogP contribution in [0.4, 0.5) is 0 Å². The summed E-state index contributed by atoms with van der Waals surface area (Å²) in [6, 6.07) is 0. The van der Waals surface area contributed by atoms with Gasteiger partial charge >= 0.3 is 11.9 Å². The summed E-state index contributed by atoms with van der Waals surface area (Å²) in [5.74, 6) is -0.201. The van der Waals surface area contributed by atoms with E-state index in [2.05, 4.69) is 13.8 Å². The van der Waals surface area contributed by atoms with Gasteiger partial charge in [-0.2, -0.15) is 0 Å². The van der Waals surface area contributed by atoms with Gasteiger partial charge in [0.25, 0.3) is 0 Å². The Morgan fingerprint density at radius 2 is 1.52 bits per heavy atom. The minimum atomic E-state index is -0.331. The molecule has 3 atom stereocenters. The Labute approximate surface area is 141 Å². The molecule has 0 aliphatic heterocycles. The van der Waals surface area contributed by atoms with Gasteiger partial charge in [0, 0.05) is 0 Å². The minimum absolute atomic E-state index is 0.118. The first-order valence-corrected chi connectivity index (χ1v) is 9.20. The molecule has 0 spiro atoms. The van der Waals surface area contributed by atoms with E-state index in [0.29, 0.717) is 12.5 Å². The zero-order valence-electron chi connectivity index (χ0n) is 15.5. The summed E-state index contributed by atoms with van der Waals surface area (Å²) < 4.78 is 11.0. The molecule has 4 nitrogen and oxygen atoms in total. The molecule has 134 valence electrons. The monoisotopic (exact) mass is 326 g/mol. The van der Waals surface area contributed by atoms with Crippen LogP contribution >= 0.6 is 0 Å². The molecule has 1 saturated carbocycles. The average molecular weight is 326 g/mol. The Morgan fingerprint density at radius 3 is 2.04 bits per heavy atom. The van der Waals surface area contributed by atoms with Crippen LogP contribution in [0.25, 0.3) is 0 Å². The highest BCUT2D eigenvalue weighted by Gasteiger charge is 2.38. The van der Waals surface area contributed by atoms with Gasteiger partial charge in [-0.05, 0) is 44.4 Å². The van der Waals surface area contributed by atoms with Crippen LogP contribution in [0, 0.1) is 23.7 Å². The lowest BCUT2D eigenvalue weighted by Crippen LogP contribution is -2.37. The van der Waals surface area contributed by atoms with Gasteiger partial charge in [-0.15, -0.1) is 0 Å². The molecule has 1 aliphatic rings. The summed E-state index contributed by atoms with van der Waals surface area (Å²) in [7, 11) is 0. The molecule has 0 amide bonds. The standard InChI is InChI=1S/C19H34O4/c1-13(2)9-8-12-22-18(20)16-10-6-7-11-17(16)19(21)23-15(5)14(3)4/h13-17H,6-12H2,1-5H3. The number of carbonyl (C=O) groups excluding carboxylic acids is 2. The summed E-state index contributed by atoms with van der Waals surface area (Å²) in [5.41, 5.74) is 0. The number of carbonyl (C=O) groups is 2. The predicted molar refractivity (Wildman–Crippen MR) is 90.9 cm³/mol. The highest BCUT2D eigenvalue weighted by atomic mass is 16.5. The van der Waals surface area contributed by atoms with Crippen LogP contribution in [0.2, 0.25) is 0 Å². The number of hydrogen-bond donors (Lipinski definition) is 0. The van der Waals surface area contributed by atoms with Gasteiger partial charge in [-0.3, -0.25) is 9.59 Å². The lowest BCUT2D eigenvalue weighted by Gasteiger charge is -2.30. The van der Waals surface area contributed by atoms with Crippen LogP contribution in [0.15, 0.2) is 0 Å². The molecule has 23 heavy (non-hydrogen) atoms. The van der Waals surface area contributed by atoms with Gasteiger partial charge in [0.15, 0.2) is 0 Å². The topological polar surface area (TPSA) is 52.6 Å². The lowest BCUT2D eigenvalue weighted by molar-refractivity contribution is -0.167. The molecule has 0 bridgehead atoms. The van der Waals surface area contributed by atoms with Crippen molar-refractivity contribution in [1.29, 1.82) is 0 Å². The smallest absolute Gasteiger partial charge is 0.310 e. The normalized spacial score (nSPS) is 22.9. The van der Waals surface area contributed by atoms with E-state index in [9.17, 15) is 9.59 Å². The summed E-state index contributed by atoms with van der Waals surface area (Å²) >= 11 is 0. The summed E-state index contributed by atoms with van der Waals surface area (Å²) in [6.07, 6.45) is 5.24. The van der Waals surface area contributed by atoms with E-state index in [1.54, 1.807) is 0 Å². The van der Waals surface area contributed by atoms with E-state index < -0.39 is 0 Å². The molecule has 1 fully saturated rings. The summed E-state index contributed by atoms with van der Waals surface area (Å²) in [6.45, 7) is 10.7. The molecule has 0 aromatic rings. The molecular weight excluding hydrogens is 292 g/mol. The second kappa shape index (κ2) is 9.94. The third kappa shape index (κ3) is 6.92. The molecule has 1 rings (SSSR count). The molecule has 0 radical (unpaired) electrons. The SMILES string of the molecule is CC(C)CCCOC(=O)C1CCCCC1C(=O)OC(C)C(C)C. The van der Waals surface area contributed by atoms with Crippen LogP contribution < -0.4 is 0 Å². The van der Waals surface area contributed by atoms with Crippen molar-refractivity contribution in [2.45, 2.75) is 79.2 Å². The fraction of sp³-hybridized carbons (Fsp3) is 0.895. The van der Waals surface area contributed by atoms with Crippen molar-refractivity contribution in [3.63, 3.8) is 0 Å². The fourth-order valence-corrected chi connectivity index (χ4v) is 2.87. The van der Waals surface area contributed by atoms with Crippen molar-refractivity contribution in [3.05, 3.63) is 0 Å². The Balaban J connectivity index is 2.52. The molecule has 0 heterocycles. The highest BCUT2D eigenvalue weighted by Crippen LogP contribution is 2.32. The number of esters is 2. The Hall–Kier alpha value is -1.06. The van der Waals surface area contributed by atoms with E-state index in [4.69, 9.17) is 9.47 Å². The fourth-order valence-electron chi connectivity index (χ4n) is 2.87. The Bertz CT molecular complexity index is 376. The summed E-state index contributed by atoms with van der Waals surface area (Å²) in [4.78, 5) is 24.8. The van der Waals surface area contributed by atoms with Gasteiger partial charge in [-0.1, -0.05) is 40.5 Å². The maximum Gasteiger partial charge on any atom is 0.310 e. The molecule has 1 aliphatic carbocycles. The third-order valence-electron chi connectivity index (χ3n) is 4.78. The van der Waals surface area contributed by atoms with E-state index >= 15 is 0 Å². The van der Waals surface area contributed by atoms with Gasteiger partial charge < -0.3 is 9.47 Å². The van der Waals surface area contributed by atoms with Crippen LogP contribution in [-0.2, 0) is 19.1 Å². The van der Waals surface area contributed by atoms with Crippen LogP contribution in [0.5, 0.6) is 0 Å². The van der Waals surface area contributed by atoms with E-state index in [-0.39, 0.29) is 35.8 Å². The van der Waals surface area contributed by atoms with E-state index in [1.807, 2.05) is 20.8 Å². The zero-order chi connectivity index (χ0) is 17.4. The maximum absolute atomic E-state index is 12.4. The number of rotatable bonds is 8. The molecular formula is C19H34O4. The number of ether oxygens (including phenoxy) is 2. The quantitative estimate of drug-likeness (QED) is 0.491. The largest absolute Gasteiger partial charge is 0.465 e. The van der Waals surface area contributed by atoms with Gasteiger partial charge in [0.05, 0.1) is 18.4 Å². The van der Waals surface area contributed by atoms with Crippen LogP contribution in [0.1, 0.15) is 73.1 Å². The molecule has 3 unspecified atom stereocenters. The predicted octanol–water partition coefficient (Wildman–Crippen LogP) is 4.36. The van der Waals surface area contributed by atoms with Crippen LogP contribution in [0.3, 0.4) is 0 Å². The van der Waals surface area contributed by atoms with Crippen molar-refractivity contribution in [2.24, 2.45) is 23.7 Å². The summed E-state index contributed by atoms with van der Waals surface area (Å²) in [5, 5.41) is 0. The van der Waals surface area contributed by atoms with Crippen molar-refractivity contribution in [1.82, 2.24) is 0 Å². The van der Waals surface area contributed by atoms with Gasteiger partial charge in [0.2, 0.25) is 0 Å². The van der Waals surface area contributed by atoms with Crippen molar-refractivity contribution < 1.29 is 19.1 Å². The molecule has 4 heteroatoms. The van der Waals surface area contributed by atoms with Crippen molar-refractivity contribution in [3.8, 4) is 0 Å². The molecule has 0 aromatic heterocycles. The first-order valence-electron chi connectivity index (χ1n) is 9.20. The van der Waals surface area contributed by atoms with E-state index in [0.717, 1.165) is 38.5 Å². The van der Waals surface area contributed by atoms with Gasteiger partial charge in [-0.25, -0.2) is 0 Å². The number of hydrogen-bond acceptors (Lipinski definition) is 4. The second-order valence-electron chi connectivity index (χ2n) is 7.59. The average Bonchev–Trinajstić information content (AvgIpc) is 2.50. The molecule has 0 N–H and O–H groups in total. The Kier molecular flexibility index (Phi) is 8.64.